The average molecular weight is 434 g/mol. The summed E-state index contributed by atoms with van der Waals surface area (Å²) in [6, 6.07) is 18.6. The molecule has 0 saturated carbocycles. The van der Waals surface area contributed by atoms with Gasteiger partial charge in [0.15, 0.2) is 0 Å². The summed E-state index contributed by atoms with van der Waals surface area (Å²) in [5.74, 6) is 0.848. The molecule has 0 spiro atoms. The van der Waals surface area contributed by atoms with Gasteiger partial charge < -0.3 is 9.32 Å². The van der Waals surface area contributed by atoms with Crippen LogP contribution in [0.25, 0.3) is 27.9 Å². The van der Waals surface area contributed by atoms with E-state index in [0.29, 0.717) is 0 Å². The van der Waals surface area contributed by atoms with Gasteiger partial charge in [-0.05, 0) is 53.8 Å². The standard InChI is InChI=1S/C25H22ClN2OS/c1-4-16(14-24-27(2)20-15-18(26)10-12-22(20)30-24)13-23-28(3)25-19-8-6-5-7-17(19)9-11-21(25)29-23/h5-15H,4H2,1-3H3/q+1. The van der Waals surface area contributed by atoms with Crippen LogP contribution in [0.1, 0.15) is 19.2 Å². The van der Waals surface area contributed by atoms with Crippen LogP contribution in [-0.4, -0.2) is 7.05 Å². The maximum Gasteiger partial charge on any atom is 0.374 e. The number of aromatic nitrogens is 1. The van der Waals surface area contributed by atoms with Crippen molar-refractivity contribution in [1.82, 2.24) is 0 Å². The zero-order valence-electron chi connectivity index (χ0n) is 17.1. The Hall–Kier alpha value is -2.69. The minimum Gasteiger partial charge on any atom is -0.398 e. The van der Waals surface area contributed by atoms with Gasteiger partial charge >= 0.3 is 5.89 Å². The quantitative estimate of drug-likeness (QED) is 0.326. The molecule has 3 aromatic carbocycles. The van der Waals surface area contributed by atoms with E-state index in [0.717, 1.165) is 34.1 Å². The Labute approximate surface area is 185 Å². The van der Waals surface area contributed by atoms with Crippen molar-refractivity contribution >= 4 is 57.0 Å². The largest absolute Gasteiger partial charge is 0.398 e. The first kappa shape index (κ1) is 19.3. The molecule has 0 unspecified atom stereocenters. The Kier molecular flexibility index (Phi) is 4.84. The summed E-state index contributed by atoms with van der Waals surface area (Å²) < 4.78 is 8.37. The molecule has 1 aromatic heterocycles. The van der Waals surface area contributed by atoms with Crippen LogP contribution in [0.3, 0.4) is 0 Å². The molecule has 5 rings (SSSR count). The molecule has 1 aliphatic heterocycles. The van der Waals surface area contributed by atoms with Crippen LogP contribution < -0.4 is 9.47 Å². The number of thioether (sulfide) groups is 1. The predicted octanol–water partition coefficient (Wildman–Crippen LogP) is 6.94. The summed E-state index contributed by atoms with van der Waals surface area (Å²) in [4.78, 5) is 3.42. The Balaban J connectivity index is 1.57. The Bertz CT molecular complexity index is 1350. The van der Waals surface area contributed by atoms with Gasteiger partial charge in [0.25, 0.3) is 5.52 Å². The molecule has 0 fully saturated rings. The number of anilines is 1. The highest BCUT2D eigenvalue weighted by Gasteiger charge is 2.23. The number of rotatable bonds is 3. The van der Waals surface area contributed by atoms with E-state index < -0.39 is 0 Å². The van der Waals surface area contributed by atoms with E-state index >= 15 is 0 Å². The maximum atomic E-state index is 6.23. The van der Waals surface area contributed by atoms with Gasteiger partial charge in [-0.15, -0.1) is 0 Å². The van der Waals surface area contributed by atoms with Crippen LogP contribution in [0.2, 0.25) is 5.02 Å². The summed E-state index contributed by atoms with van der Waals surface area (Å²) in [5.41, 5.74) is 4.38. The lowest BCUT2D eigenvalue weighted by Crippen LogP contribution is -2.29. The van der Waals surface area contributed by atoms with Crippen molar-refractivity contribution in [2.24, 2.45) is 7.05 Å². The van der Waals surface area contributed by atoms with Gasteiger partial charge in [0.1, 0.15) is 7.05 Å². The van der Waals surface area contributed by atoms with Gasteiger partial charge in [-0.25, -0.2) is 0 Å². The molecule has 3 nitrogen and oxygen atoms in total. The lowest BCUT2D eigenvalue weighted by Gasteiger charge is -2.14. The normalized spacial score (nSPS) is 15.5. The molecule has 0 aliphatic carbocycles. The molecule has 30 heavy (non-hydrogen) atoms. The fraction of sp³-hybridized carbons (Fsp3) is 0.160. The number of benzene rings is 3. The third-order valence-corrected chi connectivity index (χ3v) is 7.00. The Morgan fingerprint density at radius 2 is 2.00 bits per heavy atom. The van der Waals surface area contributed by atoms with Crippen molar-refractivity contribution < 1.29 is 8.98 Å². The second-order valence-electron chi connectivity index (χ2n) is 7.46. The second-order valence-corrected chi connectivity index (χ2v) is 8.96. The summed E-state index contributed by atoms with van der Waals surface area (Å²) in [6.45, 7) is 2.17. The zero-order chi connectivity index (χ0) is 20.8. The molecule has 1 aliphatic rings. The highest BCUT2D eigenvalue weighted by Crippen LogP contribution is 2.46. The lowest BCUT2D eigenvalue weighted by molar-refractivity contribution is -0.651. The van der Waals surface area contributed by atoms with Crippen LogP contribution in [0.15, 0.2) is 80.6 Å². The molecular weight excluding hydrogens is 412 g/mol. The number of allylic oxidation sites excluding steroid dienone is 2. The fourth-order valence-electron chi connectivity index (χ4n) is 3.91. The summed E-state index contributed by atoms with van der Waals surface area (Å²) in [7, 11) is 4.15. The van der Waals surface area contributed by atoms with Gasteiger partial charge in [0.2, 0.25) is 5.58 Å². The molecule has 0 amide bonds. The van der Waals surface area contributed by atoms with E-state index in [1.807, 2.05) is 12.1 Å². The Morgan fingerprint density at radius 1 is 1.17 bits per heavy atom. The first-order chi connectivity index (χ1) is 14.5. The van der Waals surface area contributed by atoms with Crippen molar-refractivity contribution in [2.45, 2.75) is 18.2 Å². The molecular formula is C25H22ClN2OS+. The van der Waals surface area contributed by atoms with Gasteiger partial charge in [0.05, 0.1) is 22.2 Å². The molecule has 4 aromatic rings. The lowest BCUT2D eigenvalue weighted by atomic mass is 10.1. The van der Waals surface area contributed by atoms with Crippen molar-refractivity contribution in [1.29, 1.82) is 0 Å². The van der Waals surface area contributed by atoms with Crippen molar-refractivity contribution in [3.05, 3.63) is 82.2 Å². The molecule has 5 heteroatoms. The van der Waals surface area contributed by atoms with E-state index in [1.165, 1.54) is 26.3 Å². The minimum absolute atomic E-state index is 0.759. The SMILES string of the molecule is CCC(=Cc1oc2ccc3ccccc3c2[n+]1C)C=C1Sc2ccc(Cl)cc2N1C. The van der Waals surface area contributed by atoms with Crippen molar-refractivity contribution in [3.8, 4) is 0 Å². The highest BCUT2D eigenvalue weighted by atomic mass is 35.5. The van der Waals surface area contributed by atoms with Crippen LogP contribution in [-0.2, 0) is 7.05 Å². The highest BCUT2D eigenvalue weighted by molar-refractivity contribution is 8.03. The number of nitrogens with zero attached hydrogens (tertiary/aromatic N) is 2. The van der Waals surface area contributed by atoms with E-state index in [1.54, 1.807) is 11.8 Å². The molecule has 0 N–H and O–H groups in total. The third-order valence-electron chi connectivity index (χ3n) is 5.60. The molecule has 0 bridgehead atoms. The summed E-state index contributed by atoms with van der Waals surface area (Å²) >= 11 is 7.96. The third kappa shape index (κ3) is 3.21. The number of hydrogen-bond acceptors (Lipinski definition) is 3. The van der Waals surface area contributed by atoms with E-state index in [2.05, 4.69) is 85.1 Å². The number of hydrogen-bond donors (Lipinski definition) is 0. The molecule has 0 radical (unpaired) electrons. The van der Waals surface area contributed by atoms with Gasteiger partial charge in [-0.2, -0.15) is 4.57 Å². The number of fused-ring (bicyclic) bond motifs is 4. The maximum absolute atomic E-state index is 6.23. The van der Waals surface area contributed by atoms with Crippen LogP contribution >= 0.6 is 23.4 Å². The summed E-state index contributed by atoms with van der Waals surface area (Å²) in [6.07, 6.45) is 5.29. The number of halogens is 1. The predicted molar refractivity (Wildman–Crippen MR) is 127 cm³/mol. The number of aryl methyl sites for hydroxylation is 1. The van der Waals surface area contributed by atoms with E-state index in [9.17, 15) is 0 Å². The smallest absolute Gasteiger partial charge is 0.374 e. The van der Waals surface area contributed by atoms with E-state index in [4.69, 9.17) is 16.0 Å². The Morgan fingerprint density at radius 3 is 2.83 bits per heavy atom. The zero-order valence-corrected chi connectivity index (χ0v) is 18.7. The molecule has 0 atom stereocenters. The van der Waals surface area contributed by atoms with Gasteiger partial charge in [0, 0.05) is 17.0 Å². The topological polar surface area (TPSA) is 20.3 Å². The van der Waals surface area contributed by atoms with E-state index in [-0.39, 0.29) is 0 Å². The van der Waals surface area contributed by atoms with Crippen molar-refractivity contribution in [2.75, 3.05) is 11.9 Å². The first-order valence-corrected chi connectivity index (χ1v) is 11.2. The molecule has 2 heterocycles. The monoisotopic (exact) mass is 433 g/mol. The van der Waals surface area contributed by atoms with Crippen molar-refractivity contribution in [3.63, 3.8) is 0 Å². The van der Waals surface area contributed by atoms with Crippen LogP contribution in [0, 0.1) is 0 Å². The first-order valence-electron chi connectivity index (χ1n) is 9.99. The second kappa shape index (κ2) is 7.53. The summed E-state index contributed by atoms with van der Waals surface area (Å²) in [5, 5.41) is 4.37. The van der Waals surface area contributed by atoms with Gasteiger partial charge in [-0.3, -0.25) is 0 Å². The molecule has 150 valence electrons. The minimum atomic E-state index is 0.759. The number of oxazole rings is 1. The van der Waals surface area contributed by atoms with Crippen LogP contribution in [0.5, 0.6) is 0 Å². The van der Waals surface area contributed by atoms with Crippen LogP contribution in [0.4, 0.5) is 5.69 Å². The average Bonchev–Trinajstić information content (AvgIpc) is 3.24. The molecule has 0 saturated heterocycles. The fourth-order valence-corrected chi connectivity index (χ4v) is 5.18. The van der Waals surface area contributed by atoms with Gasteiger partial charge in [-0.1, -0.05) is 54.6 Å².